The summed E-state index contributed by atoms with van der Waals surface area (Å²) >= 11 is -1.88. The molecule has 1 aliphatic rings. The Labute approximate surface area is 89.2 Å². The van der Waals surface area contributed by atoms with E-state index in [1.165, 1.54) is 12.1 Å². The van der Waals surface area contributed by atoms with Crippen molar-refractivity contribution in [2.24, 2.45) is 0 Å². The third-order valence-electron chi connectivity index (χ3n) is 2.70. The van der Waals surface area contributed by atoms with Crippen molar-refractivity contribution < 1.29 is 18.7 Å². The van der Waals surface area contributed by atoms with Crippen LogP contribution in [0.15, 0.2) is 24.3 Å². The fraction of sp³-hybridized carbons (Fsp3) is 0.300. The lowest BCUT2D eigenvalue weighted by Crippen LogP contribution is -2.13. The quantitative estimate of drug-likeness (QED) is 0.767. The highest BCUT2D eigenvalue weighted by Crippen LogP contribution is 2.50. The van der Waals surface area contributed by atoms with Crippen LogP contribution in [0.25, 0.3) is 0 Å². The Balaban J connectivity index is 2.32. The third kappa shape index (κ3) is 1.68. The van der Waals surface area contributed by atoms with E-state index in [2.05, 4.69) is 0 Å². The lowest BCUT2D eigenvalue weighted by Gasteiger charge is -2.10. The van der Waals surface area contributed by atoms with Gasteiger partial charge in [0, 0.05) is 0 Å². The summed E-state index contributed by atoms with van der Waals surface area (Å²) in [5.74, 6) is -0.989. The Bertz CT molecular complexity index is 420. The van der Waals surface area contributed by atoms with Crippen molar-refractivity contribution in [1.29, 1.82) is 0 Å². The molecule has 0 bridgehead atoms. The van der Waals surface area contributed by atoms with Gasteiger partial charge >= 0.3 is 5.97 Å². The Hall–Kier alpha value is -1.20. The molecule has 0 amide bonds. The van der Waals surface area contributed by atoms with Crippen molar-refractivity contribution >= 4 is 17.0 Å². The van der Waals surface area contributed by atoms with Gasteiger partial charge in [-0.05, 0) is 30.5 Å². The van der Waals surface area contributed by atoms with E-state index in [9.17, 15) is 9.00 Å². The number of carbonyl (C=O) groups is 1. The number of hydrogen-bond acceptors (Lipinski definition) is 2. The van der Waals surface area contributed by atoms with Crippen LogP contribution in [0.5, 0.6) is 0 Å². The number of aromatic carboxylic acids is 1. The number of carboxylic acid groups (broad SMARTS) is 1. The van der Waals surface area contributed by atoms with Gasteiger partial charge in [-0.1, -0.05) is 12.1 Å². The molecule has 1 fully saturated rings. The second kappa shape index (κ2) is 3.43. The van der Waals surface area contributed by atoms with E-state index in [0.29, 0.717) is 12.8 Å². The predicted octanol–water partition coefficient (Wildman–Crippen LogP) is 1.60. The molecule has 15 heavy (non-hydrogen) atoms. The minimum atomic E-state index is -1.88. The summed E-state index contributed by atoms with van der Waals surface area (Å²) < 4.78 is 19.6. The summed E-state index contributed by atoms with van der Waals surface area (Å²) in [6.07, 6.45) is 1.37. The fourth-order valence-corrected chi connectivity index (χ4v) is 2.38. The maximum Gasteiger partial charge on any atom is 0.335 e. The monoisotopic (exact) mass is 226 g/mol. The molecule has 1 saturated carbocycles. The zero-order valence-electron chi connectivity index (χ0n) is 7.84. The second-order valence-electron chi connectivity index (χ2n) is 3.63. The molecule has 1 atom stereocenters. The lowest BCUT2D eigenvalue weighted by atomic mass is 10.1. The van der Waals surface area contributed by atoms with Crippen molar-refractivity contribution in [3.63, 3.8) is 0 Å². The van der Waals surface area contributed by atoms with Crippen LogP contribution >= 0.6 is 0 Å². The van der Waals surface area contributed by atoms with E-state index in [1.54, 1.807) is 12.1 Å². The highest BCUT2D eigenvalue weighted by Gasteiger charge is 2.50. The molecule has 1 aromatic rings. The molecular formula is C10H10O4S. The first kappa shape index (κ1) is 10.3. The summed E-state index contributed by atoms with van der Waals surface area (Å²) in [4.78, 5) is 10.6. The average Bonchev–Trinajstić information content (AvgIpc) is 2.98. The Morgan fingerprint density at radius 2 is 1.80 bits per heavy atom. The van der Waals surface area contributed by atoms with E-state index < -0.39 is 21.8 Å². The first-order valence-electron chi connectivity index (χ1n) is 4.51. The number of carboxylic acids is 1. The Morgan fingerprint density at radius 1 is 1.27 bits per heavy atom. The van der Waals surface area contributed by atoms with E-state index >= 15 is 0 Å². The van der Waals surface area contributed by atoms with Gasteiger partial charge in [0.1, 0.15) is 0 Å². The Morgan fingerprint density at radius 3 is 2.13 bits per heavy atom. The largest absolute Gasteiger partial charge is 0.478 e. The van der Waals surface area contributed by atoms with Gasteiger partial charge in [-0.2, -0.15) is 0 Å². The molecule has 0 saturated heterocycles. The van der Waals surface area contributed by atoms with Crippen LogP contribution in [0.3, 0.4) is 0 Å². The van der Waals surface area contributed by atoms with Crippen LogP contribution in [0.1, 0.15) is 28.8 Å². The fourth-order valence-electron chi connectivity index (χ4n) is 1.59. The molecule has 0 aromatic heterocycles. The van der Waals surface area contributed by atoms with Crippen molar-refractivity contribution in [1.82, 2.24) is 0 Å². The van der Waals surface area contributed by atoms with Crippen LogP contribution in [0.2, 0.25) is 0 Å². The third-order valence-corrected chi connectivity index (χ3v) is 4.01. The molecule has 5 heteroatoms. The summed E-state index contributed by atoms with van der Waals surface area (Å²) in [6.45, 7) is 0. The highest BCUT2D eigenvalue weighted by atomic mass is 32.2. The summed E-state index contributed by atoms with van der Waals surface area (Å²) in [6, 6.07) is 6.16. The first-order chi connectivity index (χ1) is 7.06. The van der Waals surface area contributed by atoms with Crippen LogP contribution in [-0.4, -0.2) is 19.8 Å². The lowest BCUT2D eigenvalue weighted by molar-refractivity contribution is 0.0697. The van der Waals surface area contributed by atoms with Crippen LogP contribution in [-0.2, 0) is 15.8 Å². The maximum atomic E-state index is 11.1. The maximum absolute atomic E-state index is 11.1. The molecule has 0 spiro atoms. The van der Waals surface area contributed by atoms with E-state index in [0.717, 1.165) is 5.56 Å². The molecule has 0 radical (unpaired) electrons. The van der Waals surface area contributed by atoms with Gasteiger partial charge in [0.05, 0.1) is 10.3 Å². The summed E-state index contributed by atoms with van der Waals surface area (Å²) in [7, 11) is 0. The molecule has 1 aromatic carbocycles. The number of hydrogen-bond donors (Lipinski definition) is 2. The molecule has 2 rings (SSSR count). The molecule has 2 N–H and O–H groups in total. The highest BCUT2D eigenvalue weighted by molar-refractivity contribution is 7.80. The van der Waals surface area contributed by atoms with Crippen LogP contribution in [0, 0.1) is 0 Å². The van der Waals surface area contributed by atoms with E-state index in [1.807, 2.05) is 0 Å². The van der Waals surface area contributed by atoms with Gasteiger partial charge in [0.2, 0.25) is 0 Å². The van der Waals surface area contributed by atoms with Gasteiger partial charge in [-0.15, -0.1) is 0 Å². The molecule has 0 heterocycles. The van der Waals surface area contributed by atoms with E-state index in [4.69, 9.17) is 9.66 Å². The van der Waals surface area contributed by atoms with E-state index in [-0.39, 0.29) is 5.56 Å². The summed E-state index contributed by atoms with van der Waals surface area (Å²) in [5.41, 5.74) is 0.937. The zero-order chi connectivity index (χ0) is 11.1. The van der Waals surface area contributed by atoms with Gasteiger partial charge in [-0.3, -0.25) is 0 Å². The van der Waals surface area contributed by atoms with Crippen LogP contribution < -0.4 is 0 Å². The molecule has 1 unspecified atom stereocenters. The second-order valence-corrected chi connectivity index (χ2v) is 4.91. The minimum Gasteiger partial charge on any atom is -0.478 e. The van der Waals surface area contributed by atoms with Gasteiger partial charge in [0.25, 0.3) is 0 Å². The molecule has 1 aliphatic carbocycles. The molecule has 4 nitrogen and oxygen atoms in total. The summed E-state index contributed by atoms with van der Waals surface area (Å²) in [5, 5.41) is 8.69. The predicted molar refractivity (Wildman–Crippen MR) is 55.1 cm³/mol. The van der Waals surface area contributed by atoms with Crippen molar-refractivity contribution in [3.8, 4) is 0 Å². The molecule has 80 valence electrons. The van der Waals surface area contributed by atoms with Crippen LogP contribution in [0.4, 0.5) is 0 Å². The Kier molecular flexibility index (Phi) is 2.36. The zero-order valence-corrected chi connectivity index (χ0v) is 8.66. The minimum absolute atomic E-state index is 0.193. The van der Waals surface area contributed by atoms with Crippen molar-refractivity contribution in [2.45, 2.75) is 17.6 Å². The molecule has 0 aliphatic heterocycles. The molecular weight excluding hydrogens is 216 g/mol. The standard InChI is InChI=1S/C10H10O4S/c11-9(12)7-1-3-8(4-2-7)10(5-6-10)15(13)14/h1-4H,5-6H2,(H,11,12)(H,13,14). The number of rotatable bonds is 3. The average molecular weight is 226 g/mol. The van der Waals surface area contributed by atoms with Crippen molar-refractivity contribution in [3.05, 3.63) is 35.4 Å². The topological polar surface area (TPSA) is 74.6 Å². The van der Waals surface area contributed by atoms with Gasteiger partial charge in [-0.25, -0.2) is 9.00 Å². The normalized spacial score (nSPS) is 19.5. The van der Waals surface area contributed by atoms with Gasteiger partial charge < -0.3 is 9.66 Å². The van der Waals surface area contributed by atoms with Crippen molar-refractivity contribution in [2.75, 3.05) is 0 Å². The van der Waals surface area contributed by atoms with Gasteiger partial charge in [0.15, 0.2) is 11.1 Å². The SMILES string of the molecule is O=C(O)c1ccc(C2(S(=O)O)CC2)cc1. The smallest absolute Gasteiger partial charge is 0.335 e. The number of benzene rings is 1. The first-order valence-corrected chi connectivity index (χ1v) is 5.62.